The van der Waals surface area contributed by atoms with Gasteiger partial charge in [0.2, 0.25) is 5.91 Å². The maximum Gasteiger partial charge on any atom is 0.237 e. The third-order valence-electron chi connectivity index (χ3n) is 3.16. The molecule has 0 aliphatic heterocycles. The van der Waals surface area contributed by atoms with Crippen LogP contribution in [-0.4, -0.2) is 32.8 Å². The fourth-order valence-electron chi connectivity index (χ4n) is 2.00. The highest BCUT2D eigenvalue weighted by molar-refractivity contribution is 5.81. The number of amides is 1. The summed E-state index contributed by atoms with van der Waals surface area (Å²) >= 11 is 0. The van der Waals surface area contributed by atoms with Crippen molar-refractivity contribution >= 4 is 5.91 Å². The maximum atomic E-state index is 12.0. The van der Waals surface area contributed by atoms with E-state index < -0.39 is 6.04 Å². The van der Waals surface area contributed by atoms with E-state index in [0.717, 1.165) is 17.7 Å². The summed E-state index contributed by atoms with van der Waals surface area (Å²) < 4.78 is 10.2. The Morgan fingerprint density at radius 2 is 2.05 bits per heavy atom. The van der Waals surface area contributed by atoms with Gasteiger partial charge < -0.3 is 20.5 Å². The number of benzene rings is 1. The Morgan fingerprint density at radius 3 is 2.70 bits per heavy atom. The molecular weight excluding hydrogens is 256 g/mol. The molecule has 1 rings (SSSR count). The van der Waals surface area contributed by atoms with Crippen molar-refractivity contribution in [1.29, 1.82) is 0 Å². The quantitative estimate of drug-likeness (QED) is 0.710. The van der Waals surface area contributed by atoms with E-state index in [1.165, 1.54) is 0 Å². The van der Waals surface area contributed by atoms with Crippen LogP contribution in [-0.2, 0) is 9.53 Å². The zero-order valence-electron chi connectivity index (χ0n) is 12.4. The lowest BCUT2D eigenvalue weighted by Crippen LogP contribution is -2.41. The Kier molecular flexibility index (Phi) is 7.04. The third-order valence-corrected chi connectivity index (χ3v) is 3.16. The van der Waals surface area contributed by atoms with Crippen LogP contribution in [0.3, 0.4) is 0 Å². The van der Waals surface area contributed by atoms with Gasteiger partial charge >= 0.3 is 0 Å². The molecule has 3 N–H and O–H groups in total. The summed E-state index contributed by atoms with van der Waals surface area (Å²) in [7, 11) is 3.25. The number of para-hydroxylation sites is 1. The molecule has 0 radical (unpaired) electrons. The number of carbonyl (C=O) groups is 1. The van der Waals surface area contributed by atoms with Crippen LogP contribution < -0.4 is 15.8 Å². The first-order valence-corrected chi connectivity index (χ1v) is 6.78. The maximum absolute atomic E-state index is 12.0. The van der Waals surface area contributed by atoms with Gasteiger partial charge in [-0.05, 0) is 25.8 Å². The average Bonchev–Trinajstić information content (AvgIpc) is 2.47. The van der Waals surface area contributed by atoms with Crippen LogP contribution in [0.4, 0.5) is 0 Å². The van der Waals surface area contributed by atoms with Crippen molar-refractivity contribution in [3.63, 3.8) is 0 Å². The third kappa shape index (κ3) is 4.83. The largest absolute Gasteiger partial charge is 0.496 e. The summed E-state index contributed by atoms with van der Waals surface area (Å²) in [6.07, 6.45) is 1.38. The molecule has 0 saturated heterocycles. The summed E-state index contributed by atoms with van der Waals surface area (Å²) in [5.74, 6) is 0.604. The Bertz CT molecular complexity index is 423. The monoisotopic (exact) mass is 280 g/mol. The molecule has 0 spiro atoms. The lowest BCUT2D eigenvalue weighted by atomic mass is 10.1. The fraction of sp³-hybridized carbons (Fsp3) is 0.533. The molecule has 1 aromatic rings. The molecule has 0 aliphatic carbocycles. The molecule has 0 fully saturated rings. The smallest absolute Gasteiger partial charge is 0.237 e. The SMILES string of the molecule is COCCCC(N)C(=O)NC(C)c1ccccc1OC. The highest BCUT2D eigenvalue weighted by Crippen LogP contribution is 2.24. The van der Waals surface area contributed by atoms with Crippen molar-refractivity contribution in [1.82, 2.24) is 5.32 Å². The Hall–Kier alpha value is -1.59. The van der Waals surface area contributed by atoms with E-state index in [1.54, 1.807) is 14.2 Å². The van der Waals surface area contributed by atoms with Gasteiger partial charge in [0.25, 0.3) is 0 Å². The van der Waals surface area contributed by atoms with E-state index in [0.29, 0.717) is 13.0 Å². The highest BCUT2D eigenvalue weighted by Gasteiger charge is 2.18. The minimum Gasteiger partial charge on any atom is -0.496 e. The van der Waals surface area contributed by atoms with Gasteiger partial charge in [0.1, 0.15) is 5.75 Å². The molecule has 0 bridgehead atoms. The van der Waals surface area contributed by atoms with Crippen molar-refractivity contribution in [2.24, 2.45) is 5.73 Å². The molecule has 5 heteroatoms. The van der Waals surface area contributed by atoms with Crippen LogP contribution in [0.2, 0.25) is 0 Å². The summed E-state index contributed by atoms with van der Waals surface area (Å²) in [5.41, 5.74) is 6.79. The number of nitrogens with one attached hydrogen (secondary N) is 1. The van der Waals surface area contributed by atoms with E-state index in [1.807, 2.05) is 31.2 Å². The van der Waals surface area contributed by atoms with Gasteiger partial charge in [0.15, 0.2) is 0 Å². The molecule has 2 unspecified atom stereocenters. The number of hydrogen-bond donors (Lipinski definition) is 2. The zero-order valence-corrected chi connectivity index (χ0v) is 12.4. The van der Waals surface area contributed by atoms with Crippen molar-refractivity contribution < 1.29 is 14.3 Å². The first-order valence-electron chi connectivity index (χ1n) is 6.78. The number of hydrogen-bond acceptors (Lipinski definition) is 4. The van der Waals surface area contributed by atoms with Gasteiger partial charge in [0.05, 0.1) is 19.2 Å². The van der Waals surface area contributed by atoms with Gasteiger partial charge in [-0.1, -0.05) is 18.2 Å². The standard InChI is InChI=1S/C15H24N2O3/c1-11(12-7-4-5-9-14(12)20-3)17-15(18)13(16)8-6-10-19-2/h4-5,7,9,11,13H,6,8,10,16H2,1-3H3,(H,17,18). The van der Waals surface area contributed by atoms with Gasteiger partial charge in [0, 0.05) is 19.3 Å². The van der Waals surface area contributed by atoms with E-state index in [-0.39, 0.29) is 11.9 Å². The summed E-state index contributed by atoms with van der Waals surface area (Å²) in [6.45, 7) is 2.53. The van der Waals surface area contributed by atoms with E-state index in [4.69, 9.17) is 15.2 Å². The number of carbonyl (C=O) groups excluding carboxylic acids is 1. The number of rotatable bonds is 8. The second-order valence-corrected chi connectivity index (χ2v) is 4.71. The van der Waals surface area contributed by atoms with E-state index in [2.05, 4.69) is 5.32 Å². The Balaban J connectivity index is 2.56. The minimum atomic E-state index is -0.512. The molecule has 1 aromatic carbocycles. The van der Waals surface area contributed by atoms with Crippen molar-refractivity contribution in [3.05, 3.63) is 29.8 Å². The molecule has 0 heterocycles. The molecule has 0 aliphatic rings. The highest BCUT2D eigenvalue weighted by atomic mass is 16.5. The van der Waals surface area contributed by atoms with Gasteiger partial charge in [-0.15, -0.1) is 0 Å². The first-order chi connectivity index (χ1) is 9.60. The predicted octanol–water partition coefficient (Wildman–Crippen LogP) is 1.63. The van der Waals surface area contributed by atoms with Crippen molar-refractivity contribution in [2.45, 2.75) is 31.8 Å². The molecule has 0 saturated carbocycles. The number of nitrogens with two attached hydrogens (primary N) is 1. The molecule has 112 valence electrons. The van der Waals surface area contributed by atoms with Crippen molar-refractivity contribution in [2.75, 3.05) is 20.8 Å². The molecule has 2 atom stereocenters. The average molecular weight is 280 g/mol. The van der Waals surface area contributed by atoms with Crippen LogP contribution in [0.5, 0.6) is 5.75 Å². The summed E-state index contributed by atoms with van der Waals surface area (Å²) in [5, 5.41) is 2.91. The van der Waals surface area contributed by atoms with Gasteiger partial charge in [-0.25, -0.2) is 0 Å². The fourth-order valence-corrected chi connectivity index (χ4v) is 2.00. The van der Waals surface area contributed by atoms with Gasteiger partial charge in [-0.3, -0.25) is 4.79 Å². The zero-order chi connectivity index (χ0) is 15.0. The van der Waals surface area contributed by atoms with Crippen LogP contribution in [0.1, 0.15) is 31.4 Å². The minimum absolute atomic E-state index is 0.146. The lowest BCUT2D eigenvalue weighted by Gasteiger charge is -2.19. The normalized spacial score (nSPS) is 13.6. The van der Waals surface area contributed by atoms with Crippen LogP contribution >= 0.6 is 0 Å². The van der Waals surface area contributed by atoms with E-state index >= 15 is 0 Å². The topological polar surface area (TPSA) is 73.6 Å². The lowest BCUT2D eigenvalue weighted by molar-refractivity contribution is -0.123. The molecule has 20 heavy (non-hydrogen) atoms. The Morgan fingerprint density at radius 1 is 1.35 bits per heavy atom. The van der Waals surface area contributed by atoms with Gasteiger partial charge in [-0.2, -0.15) is 0 Å². The Labute approximate surface area is 120 Å². The first kappa shape index (κ1) is 16.5. The molecule has 0 aromatic heterocycles. The predicted molar refractivity (Wildman–Crippen MR) is 78.6 cm³/mol. The number of methoxy groups -OCH3 is 2. The van der Waals surface area contributed by atoms with Crippen molar-refractivity contribution in [3.8, 4) is 5.75 Å². The number of ether oxygens (including phenoxy) is 2. The molecular formula is C15H24N2O3. The van der Waals surface area contributed by atoms with Crippen LogP contribution in [0, 0.1) is 0 Å². The van der Waals surface area contributed by atoms with Crippen LogP contribution in [0.15, 0.2) is 24.3 Å². The van der Waals surface area contributed by atoms with Crippen LogP contribution in [0.25, 0.3) is 0 Å². The summed E-state index contributed by atoms with van der Waals surface area (Å²) in [4.78, 5) is 12.0. The summed E-state index contributed by atoms with van der Waals surface area (Å²) in [6, 6.07) is 6.96. The molecule has 1 amide bonds. The second-order valence-electron chi connectivity index (χ2n) is 4.71. The molecule has 5 nitrogen and oxygen atoms in total. The van der Waals surface area contributed by atoms with E-state index in [9.17, 15) is 4.79 Å². The second kappa shape index (κ2) is 8.55.